The Morgan fingerprint density at radius 1 is 1.19 bits per heavy atom. The lowest BCUT2D eigenvalue weighted by Crippen LogP contribution is -2.39. The fraction of sp³-hybridized carbons (Fsp3) is 0.562. The average Bonchev–Trinajstić information content (AvgIpc) is 3.11. The maximum absolute atomic E-state index is 12.8. The van der Waals surface area contributed by atoms with Crippen LogP contribution in [0.1, 0.15) is 23.8 Å². The third-order valence-corrected chi connectivity index (χ3v) is 8.18. The van der Waals surface area contributed by atoms with E-state index in [0.717, 1.165) is 24.8 Å². The van der Waals surface area contributed by atoms with Crippen molar-refractivity contribution in [3.8, 4) is 0 Å². The molecule has 1 aliphatic heterocycles. The van der Waals surface area contributed by atoms with Crippen LogP contribution in [0.4, 0.5) is 18.0 Å². The predicted octanol–water partition coefficient (Wildman–Crippen LogP) is 1.55. The number of amides is 1. The molecule has 1 aliphatic rings. The maximum Gasteiger partial charge on any atom is 0.422 e. The lowest BCUT2D eigenvalue weighted by atomic mass is 10.2. The standard InChI is InChI=1S/C16H19F3N4O6S2/c1-3-21-12(24)11-9(2)10(8-20-6-7-23(15(26)27)31(20,28)29)30-13(11)22(14(21)25)5-4-16(17,18)19/h3-8H2,1-2H3,(H,26,27). The fourth-order valence-electron chi connectivity index (χ4n) is 3.39. The number of alkyl halides is 3. The van der Waals surface area contributed by atoms with Gasteiger partial charge >= 0.3 is 28.2 Å². The van der Waals surface area contributed by atoms with Crippen LogP contribution in [-0.2, 0) is 29.8 Å². The summed E-state index contributed by atoms with van der Waals surface area (Å²) in [7, 11) is -4.28. The maximum atomic E-state index is 12.8. The van der Waals surface area contributed by atoms with E-state index >= 15 is 0 Å². The highest BCUT2D eigenvalue weighted by Crippen LogP contribution is 2.32. The van der Waals surface area contributed by atoms with Crippen molar-refractivity contribution in [2.24, 2.45) is 0 Å². The van der Waals surface area contributed by atoms with Gasteiger partial charge in [-0.25, -0.2) is 9.59 Å². The molecule has 0 spiro atoms. The zero-order valence-corrected chi connectivity index (χ0v) is 18.1. The van der Waals surface area contributed by atoms with Crippen LogP contribution < -0.4 is 11.2 Å². The summed E-state index contributed by atoms with van der Waals surface area (Å²) in [5.41, 5.74) is -1.19. The molecule has 1 saturated heterocycles. The number of halogens is 3. The van der Waals surface area contributed by atoms with E-state index in [4.69, 9.17) is 5.11 Å². The second-order valence-corrected chi connectivity index (χ2v) is 9.81. The molecule has 0 saturated carbocycles. The highest BCUT2D eigenvalue weighted by Gasteiger charge is 2.40. The van der Waals surface area contributed by atoms with Crippen LogP contribution in [0.3, 0.4) is 0 Å². The van der Waals surface area contributed by atoms with E-state index in [-0.39, 0.29) is 36.4 Å². The van der Waals surface area contributed by atoms with Gasteiger partial charge in [0.05, 0.1) is 24.9 Å². The number of carboxylic acid groups (broad SMARTS) is 1. The Morgan fingerprint density at radius 3 is 2.35 bits per heavy atom. The summed E-state index contributed by atoms with van der Waals surface area (Å²) < 4.78 is 66.0. The smallest absolute Gasteiger partial charge is 0.422 e. The first-order valence-electron chi connectivity index (χ1n) is 9.12. The SMILES string of the molecule is CCn1c(=O)c2c(C)c(CN3CCN(C(=O)O)S3(=O)=O)sc2n(CCC(F)(F)F)c1=O. The molecule has 2 aromatic heterocycles. The van der Waals surface area contributed by atoms with E-state index in [2.05, 4.69) is 0 Å². The summed E-state index contributed by atoms with van der Waals surface area (Å²) >= 11 is 0.856. The van der Waals surface area contributed by atoms with E-state index < -0.39 is 46.7 Å². The molecule has 0 aliphatic carbocycles. The number of hydrogen-bond acceptors (Lipinski definition) is 6. The minimum absolute atomic E-state index is 0.0307. The predicted molar refractivity (Wildman–Crippen MR) is 105 cm³/mol. The Morgan fingerprint density at radius 2 is 1.84 bits per heavy atom. The summed E-state index contributed by atoms with van der Waals surface area (Å²) in [5.74, 6) is 0. The summed E-state index contributed by atoms with van der Waals surface area (Å²) in [4.78, 5) is 36.9. The summed E-state index contributed by atoms with van der Waals surface area (Å²) in [6, 6.07) is 0. The van der Waals surface area contributed by atoms with Gasteiger partial charge in [-0.15, -0.1) is 11.3 Å². The largest absolute Gasteiger partial charge is 0.464 e. The van der Waals surface area contributed by atoms with Crippen molar-refractivity contribution in [2.45, 2.75) is 46.1 Å². The molecule has 3 heterocycles. The van der Waals surface area contributed by atoms with Crippen LogP contribution in [-0.4, -0.2) is 56.6 Å². The topological polar surface area (TPSA) is 122 Å². The number of carbonyl (C=O) groups is 1. The van der Waals surface area contributed by atoms with Gasteiger partial charge in [0.1, 0.15) is 4.83 Å². The molecule has 2 aromatic rings. The normalized spacial score (nSPS) is 17.0. The van der Waals surface area contributed by atoms with Gasteiger partial charge in [-0.3, -0.25) is 13.9 Å². The van der Waals surface area contributed by atoms with E-state index in [1.54, 1.807) is 0 Å². The molecule has 15 heteroatoms. The van der Waals surface area contributed by atoms with Gasteiger partial charge in [0.15, 0.2) is 0 Å². The average molecular weight is 484 g/mol. The summed E-state index contributed by atoms with van der Waals surface area (Å²) in [6.07, 6.45) is -7.41. The molecular formula is C16H19F3N4O6S2. The third kappa shape index (κ3) is 4.08. The first kappa shape index (κ1) is 23.3. The van der Waals surface area contributed by atoms with Crippen LogP contribution in [0.15, 0.2) is 9.59 Å². The van der Waals surface area contributed by atoms with Gasteiger partial charge in [-0.05, 0) is 19.4 Å². The van der Waals surface area contributed by atoms with Crippen LogP contribution in [0, 0.1) is 6.92 Å². The molecule has 1 fully saturated rings. The highest BCUT2D eigenvalue weighted by atomic mass is 32.2. The zero-order valence-electron chi connectivity index (χ0n) is 16.5. The first-order chi connectivity index (χ1) is 14.3. The van der Waals surface area contributed by atoms with Gasteiger partial charge in [0, 0.05) is 24.5 Å². The molecule has 0 unspecified atom stereocenters. The Kier molecular flexibility index (Phi) is 5.96. The van der Waals surface area contributed by atoms with Gasteiger partial charge in [-0.2, -0.15) is 30.2 Å². The molecule has 172 valence electrons. The Balaban J connectivity index is 2.13. The molecule has 0 radical (unpaired) electrons. The Labute approximate surface area is 177 Å². The molecule has 31 heavy (non-hydrogen) atoms. The first-order valence-corrected chi connectivity index (χ1v) is 11.3. The monoisotopic (exact) mass is 484 g/mol. The molecule has 3 rings (SSSR count). The van der Waals surface area contributed by atoms with E-state index in [1.165, 1.54) is 13.8 Å². The third-order valence-electron chi connectivity index (χ3n) is 5.02. The molecule has 1 N–H and O–H groups in total. The van der Waals surface area contributed by atoms with Crippen molar-refractivity contribution in [2.75, 3.05) is 13.1 Å². The highest BCUT2D eigenvalue weighted by molar-refractivity contribution is 7.87. The molecule has 0 bridgehead atoms. The number of aryl methyl sites for hydroxylation is 2. The van der Waals surface area contributed by atoms with Crippen molar-refractivity contribution in [1.82, 2.24) is 17.7 Å². The second kappa shape index (κ2) is 7.94. The minimum Gasteiger partial charge on any atom is -0.464 e. The number of thiophene rings is 1. The minimum atomic E-state index is -4.52. The Bertz CT molecular complexity index is 1260. The lowest BCUT2D eigenvalue weighted by molar-refractivity contribution is -0.136. The fourth-order valence-corrected chi connectivity index (χ4v) is 6.20. The lowest BCUT2D eigenvalue weighted by Gasteiger charge is -2.15. The molecule has 10 nitrogen and oxygen atoms in total. The Hall–Kier alpha value is -2.39. The van der Waals surface area contributed by atoms with Crippen molar-refractivity contribution < 1.29 is 31.5 Å². The van der Waals surface area contributed by atoms with E-state index in [1.807, 2.05) is 0 Å². The van der Waals surface area contributed by atoms with Crippen LogP contribution >= 0.6 is 11.3 Å². The van der Waals surface area contributed by atoms with Crippen LogP contribution in [0.25, 0.3) is 10.2 Å². The molecule has 0 atom stereocenters. The van der Waals surface area contributed by atoms with Crippen molar-refractivity contribution in [3.63, 3.8) is 0 Å². The molecule has 1 amide bonds. The summed E-state index contributed by atoms with van der Waals surface area (Å²) in [6.45, 7) is 1.67. The summed E-state index contributed by atoms with van der Waals surface area (Å²) in [5, 5.41) is 9.09. The van der Waals surface area contributed by atoms with Crippen LogP contribution in [0.2, 0.25) is 0 Å². The van der Waals surface area contributed by atoms with E-state index in [0.29, 0.717) is 14.7 Å². The molecular weight excluding hydrogens is 465 g/mol. The van der Waals surface area contributed by atoms with Crippen LogP contribution in [0.5, 0.6) is 0 Å². The number of fused-ring (bicyclic) bond motifs is 1. The van der Waals surface area contributed by atoms with Crippen molar-refractivity contribution in [1.29, 1.82) is 0 Å². The second-order valence-electron chi connectivity index (χ2n) is 6.88. The van der Waals surface area contributed by atoms with Gasteiger partial charge in [0.25, 0.3) is 5.56 Å². The molecule has 0 aromatic carbocycles. The number of rotatable bonds is 5. The van der Waals surface area contributed by atoms with E-state index in [9.17, 15) is 36.0 Å². The number of nitrogens with zero attached hydrogens (tertiary/aromatic N) is 4. The number of aromatic nitrogens is 2. The van der Waals surface area contributed by atoms with Gasteiger partial charge in [-0.1, -0.05) is 0 Å². The number of hydrogen-bond donors (Lipinski definition) is 1. The van der Waals surface area contributed by atoms with Gasteiger partial charge in [0.2, 0.25) is 0 Å². The quantitative estimate of drug-likeness (QED) is 0.687. The van der Waals surface area contributed by atoms with Crippen molar-refractivity contribution >= 4 is 37.9 Å². The van der Waals surface area contributed by atoms with Gasteiger partial charge < -0.3 is 5.11 Å². The zero-order chi connectivity index (χ0) is 23.3. The van der Waals surface area contributed by atoms with Crippen molar-refractivity contribution in [3.05, 3.63) is 31.3 Å².